The lowest BCUT2D eigenvalue weighted by Gasteiger charge is -2.20. The molecule has 1 atom stereocenters. The van der Waals surface area contributed by atoms with Gasteiger partial charge in [0.1, 0.15) is 0 Å². The molecule has 1 N–H and O–H groups in total. The highest BCUT2D eigenvalue weighted by molar-refractivity contribution is 7.89. The molecule has 2 heterocycles. The fourth-order valence-electron chi connectivity index (χ4n) is 2.83. The van der Waals surface area contributed by atoms with Crippen LogP contribution < -0.4 is 0 Å². The van der Waals surface area contributed by atoms with Gasteiger partial charge >= 0.3 is 5.97 Å². The third kappa shape index (κ3) is 3.18. The highest BCUT2D eigenvalue weighted by atomic mass is 32.2. The first kappa shape index (κ1) is 18.3. The van der Waals surface area contributed by atoms with Gasteiger partial charge in [0.15, 0.2) is 0 Å². The van der Waals surface area contributed by atoms with Crippen LogP contribution in [0.5, 0.6) is 0 Å². The molecular formula is C17H22N2O4S2. The van der Waals surface area contributed by atoms with Crippen LogP contribution in [0, 0.1) is 5.41 Å². The number of carbonyl (C=O) groups is 1. The Bertz CT molecular complexity index is 943. The lowest BCUT2D eigenvalue weighted by molar-refractivity contribution is -0.146. The van der Waals surface area contributed by atoms with Gasteiger partial charge in [0.05, 0.1) is 25.5 Å². The molecule has 0 saturated carbocycles. The summed E-state index contributed by atoms with van der Waals surface area (Å²) in [6.07, 6.45) is 0.318. The minimum Gasteiger partial charge on any atom is -0.481 e. The molecule has 0 amide bonds. The molecule has 1 unspecified atom stereocenters. The average Bonchev–Trinajstić information content (AvgIpc) is 3.10. The Kier molecular flexibility index (Phi) is 4.21. The van der Waals surface area contributed by atoms with Crippen molar-refractivity contribution in [3.8, 4) is 0 Å². The average molecular weight is 383 g/mol. The molecule has 1 aromatic carbocycles. The Labute approximate surface area is 151 Å². The molecule has 1 aromatic heterocycles. The zero-order chi connectivity index (χ0) is 18.6. The van der Waals surface area contributed by atoms with Crippen LogP contribution in [-0.4, -0.2) is 41.9 Å². The Balaban J connectivity index is 1.97. The highest BCUT2D eigenvalue weighted by Crippen LogP contribution is 2.36. The quantitative estimate of drug-likeness (QED) is 0.881. The summed E-state index contributed by atoms with van der Waals surface area (Å²) in [7, 11) is -3.71. The largest absolute Gasteiger partial charge is 0.481 e. The fourth-order valence-corrected chi connectivity index (χ4v) is 5.56. The van der Waals surface area contributed by atoms with E-state index in [9.17, 15) is 18.3 Å². The molecule has 1 saturated heterocycles. The maximum Gasteiger partial charge on any atom is 0.310 e. The van der Waals surface area contributed by atoms with Crippen LogP contribution in [-0.2, 0) is 20.2 Å². The number of fused-ring (bicyclic) bond motifs is 1. The van der Waals surface area contributed by atoms with Crippen molar-refractivity contribution in [2.45, 2.75) is 44.4 Å². The van der Waals surface area contributed by atoms with Crippen molar-refractivity contribution in [1.82, 2.24) is 9.29 Å². The molecule has 6 nitrogen and oxygen atoms in total. The SMILES string of the molecule is CC1(C(=O)O)CCN(S(=O)(=O)c2ccc3nc(C(C)(C)C)sc3c2)C1. The lowest BCUT2D eigenvalue weighted by atomic mass is 9.90. The van der Waals surface area contributed by atoms with Crippen LogP contribution >= 0.6 is 11.3 Å². The van der Waals surface area contributed by atoms with E-state index in [2.05, 4.69) is 25.8 Å². The second kappa shape index (κ2) is 5.75. The van der Waals surface area contributed by atoms with E-state index in [1.54, 1.807) is 25.1 Å². The number of aliphatic carboxylic acids is 1. The maximum absolute atomic E-state index is 12.9. The second-order valence-electron chi connectivity index (χ2n) is 7.85. The first-order valence-electron chi connectivity index (χ1n) is 8.08. The Morgan fingerprint density at radius 2 is 2.04 bits per heavy atom. The summed E-state index contributed by atoms with van der Waals surface area (Å²) in [6.45, 7) is 8.02. The Morgan fingerprint density at radius 1 is 1.36 bits per heavy atom. The molecule has 1 aliphatic heterocycles. The molecular weight excluding hydrogens is 360 g/mol. The summed E-state index contributed by atoms with van der Waals surface area (Å²) in [5.74, 6) is -0.960. The van der Waals surface area contributed by atoms with Gasteiger partial charge in [0, 0.05) is 18.5 Å². The van der Waals surface area contributed by atoms with Gasteiger partial charge in [-0.3, -0.25) is 4.79 Å². The zero-order valence-corrected chi connectivity index (χ0v) is 16.4. The predicted octanol–water partition coefficient (Wildman–Crippen LogP) is 3.08. The maximum atomic E-state index is 12.9. The molecule has 0 radical (unpaired) electrons. The van der Waals surface area contributed by atoms with E-state index in [-0.39, 0.29) is 23.4 Å². The summed E-state index contributed by atoms with van der Waals surface area (Å²) in [4.78, 5) is 16.2. The van der Waals surface area contributed by atoms with Gasteiger partial charge in [0.25, 0.3) is 0 Å². The summed E-state index contributed by atoms with van der Waals surface area (Å²) in [6, 6.07) is 4.93. The molecule has 3 rings (SSSR count). The first-order chi connectivity index (χ1) is 11.4. The summed E-state index contributed by atoms with van der Waals surface area (Å²) in [5.41, 5.74) is -0.340. The van der Waals surface area contributed by atoms with Gasteiger partial charge in [-0.05, 0) is 31.5 Å². The van der Waals surface area contributed by atoms with E-state index in [1.807, 2.05) is 0 Å². The van der Waals surface area contributed by atoms with Gasteiger partial charge in [-0.2, -0.15) is 4.31 Å². The lowest BCUT2D eigenvalue weighted by Crippen LogP contribution is -2.34. The molecule has 0 aliphatic carbocycles. The van der Waals surface area contributed by atoms with Crippen LogP contribution in [0.4, 0.5) is 0 Å². The van der Waals surface area contributed by atoms with Crippen LogP contribution in [0.1, 0.15) is 39.1 Å². The van der Waals surface area contributed by atoms with Crippen LogP contribution in [0.15, 0.2) is 23.1 Å². The van der Waals surface area contributed by atoms with E-state index < -0.39 is 21.4 Å². The zero-order valence-electron chi connectivity index (χ0n) is 14.7. The monoisotopic (exact) mass is 382 g/mol. The second-order valence-corrected chi connectivity index (χ2v) is 10.8. The van der Waals surface area contributed by atoms with Crippen molar-refractivity contribution in [3.05, 3.63) is 23.2 Å². The molecule has 0 spiro atoms. The predicted molar refractivity (Wildman–Crippen MR) is 97.4 cm³/mol. The number of benzene rings is 1. The van der Waals surface area contributed by atoms with Crippen LogP contribution in [0.25, 0.3) is 10.2 Å². The summed E-state index contributed by atoms with van der Waals surface area (Å²) in [5, 5.41) is 10.3. The van der Waals surface area contributed by atoms with Crippen molar-refractivity contribution in [2.75, 3.05) is 13.1 Å². The number of hydrogen-bond donors (Lipinski definition) is 1. The number of rotatable bonds is 3. The smallest absolute Gasteiger partial charge is 0.310 e. The van der Waals surface area contributed by atoms with Gasteiger partial charge in [0.2, 0.25) is 10.0 Å². The topological polar surface area (TPSA) is 87.6 Å². The van der Waals surface area contributed by atoms with Crippen molar-refractivity contribution in [2.24, 2.45) is 5.41 Å². The minimum absolute atomic E-state index is 0.00135. The summed E-state index contributed by atoms with van der Waals surface area (Å²) < 4.78 is 27.9. The molecule has 25 heavy (non-hydrogen) atoms. The summed E-state index contributed by atoms with van der Waals surface area (Å²) >= 11 is 1.49. The van der Waals surface area contributed by atoms with Crippen LogP contribution in [0.2, 0.25) is 0 Å². The highest BCUT2D eigenvalue weighted by Gasteiger charge is 2.44. The van der Waals surface area contributed by atoms with Gasteiger partial charge in [-0.15, -0.1) is 11.3 Å². The molecule has 1 aliphatic rings. The Morgan fingerprint density at radius 3 is 2.60 bits per heavy atom. The normalized spacial score (nSPS) is 22.6. The number of hydrogen-bond acceptors (Lipinski definition) is 5. The number of carboxylic acids is 1. The van der Waals surface area contributed by atoms with Crippen molar-refractivity contribution < 1.29 is 18.3 Å². The number of carboxylic acid groups (broad SMARTS) is 1. The fraction of sp³-hybridized carbons (Fsp3) is 0.529. The van der Waals surface area contributed by atoms with E-state index in [0.717, 1.165) is 15.2 Å². The first-order valence-corrected chi connectivity index (χ1v) is 10.3. The van der Waals surface area contributed by atoms with E-state index in [0.29, 0.717) is 6.42 Å². The molecule has 8 heteroatoms. The number of aromatic nitrogens is 1. The van der Waals surface area contributed by atoms with Crippen molar-refractivity contribution >= 4 is 37.5 Å². The van der Waals surface area contributed by atoms with Crippen molar-refractivity contribution in [3.63, 3.8) is 0 Å². The van der Waals surface area contributed by atoms with Gasteiger partial charge in [-0.25, -0.2) is 13.4 Å². The van der Waals surface area contributed by atoms with Gasteiger partial charge < -0.3 is 5.11 Å². The van der Waals surface area contributed by atoms with Crippen molar-refractivity contribution in [1.29, 1.82) is 0 Å². The number of sulfonamides is 1. The van der Waals surface area contributed by atoms with Gasteiger partial charge in [-0.1, -0.05) is 20.8 Å². The third-order valence-electron chi connectivity index (χ3n) is 4.59. The number of thiazole rings is 1. The van der Waals surface area contributed by atoms with Crippen LogP contribution in [0.3, 0.4) is 0 Å². The standard InChI is InChI=1S/C17H22N2O4S2/c1-16(2,3)14-18-12-6-5-11(9-13(12)24-14)25(22,23)19-8-7-17(4,10-19)15(20)21/h5-6,9H,7-8,10H2,1-4H3,(H,20,21). The minimum atomic E-state index is -3.71. The third-order valence-corrected chi connectivity index (χ3v) is 7.88. The molecule has 136 valence electrons. The molecule has 2 aromatic rings. The number of nitrogens with zero attached hydrogens (tertiary/aromatic N) is 2. The van der Waals surface area contributed by atoms with E-state index in [1.165, 1.54) is 15.6 Å². The molecule has 0 bridgehead atoms. The van der Waals surface area contributed by atoms with E-state index in [4.69, 9.17) is 0 Å². The van der Waals surface area contributed by atoms with E-state index >= 15 is 0 Å². The Hall–Kier alpha value is -1.51. The molecule has 1 fully saturated rings.